The third kappa shape index (κ3) is 2.54. The molecule has 0 radical (unpaired) electrons. The number of hydrogen-bond donors (Lipinski definition) is 0. The van der Waals surface area contributed by atoms with Crippen LogP contribution in [0.25, 0.3) is 0 Å². The molecule has 0 aromatic heterocycles. The van der Waals surface area contributed by atoms with Crippen molar-refractivity contribution >= 4 is 17.9 Å². The molecule has 5 heteroatoms. The number of sulfone groups is 1. The molecule has 2 atom stereocenters. The SMILES string of the molecule is C[C@H]1CCS(=O)(=O)[C@@H]([Si](C)(C)C)O1. The summed E-state index contributed by atoms with van der Waals surface area (Å²) in [5, 5.41) is -0.497. The van der Waals surface area contributed by atoms with Crippen LogP contribution in [-0.2, 0) is 14.6 Å². The summed E-state index contributed by atoms with van der Waals surface area (Å²) in [4.78, 5) is 0. The van der Waals surface area contributed by atoms with Gasteiger partial charge in [0, 0.05) is 0 Å². The van der Waals surface area contributed by atoms with Crippen LogP contribution in [0, 0.1) is 0 Å². The standard InChI is InChI=1S/C8H18O3SSi/c1-7-5-6-12(9,10)8(11-7)13(2,3)4/h7-8H,5-6H2,1-4H3/t7-,8-/m0/s1. The minimum atomic E-state index is -2.97. The van der Waals surface area contributed by atoms with Crippen molar-refractivity contribution in [1.82, 2.24) is 0 Å². The first-order chi connectivity index (χ1) is 5.73. The molecule has 1 saturated heterocycles. The van der Waals surface area contributed by atoms with E-state index in [2.05, 4.69) is 0 Å². The summed E-state index contributed by atoms with van der Waals surface area (Å²) in [5.74, 6) is 0.295. The average molecular weight is 222 g/mol. The summed E-state index contributed by atoms with van der Waals surface area (Å²) in [6, 6.07) is 0. The maximum atomic E-state index is 11.7. The molecular formula is C8H18O3SSi. The Labute approximate surface area is 81.4 Å². The summed E-state index contributed by atoms with van der Waals surface area (Å²) in [6.07, 6.45) is 0.740. The lowest BCUT2D eigenvalue weighted by Gasteiger charge is -2.35. The highest BCUT2D eigenvalue weighted by atomic mass is 32.2. The van der Waals surface area contributed by atoms with Crippen LogP contribution < -0.4 is 0 Å². The lowest BCUT2D eigenvalue weighted by molar-refractivity contribution is 0.0629. The second kappa shape index (κ2) is 3.36. The van der Waals surface area contributed by atoms with Gasteiger partial charge >= 0.3 is 0 Å². The van der Waals surface area contributed by atoms with E-state index in [-0.39, 0.29) is 6.10 Å². The molecule has 3 nitrogen and oxygen atoms in total. The Morgan fingerprint density at radius 3 is 2.23 bits per heavy atom. The highest BCUT2D eigenvalue weighted by molar-refractivity contribution is 7.93. The van der Waals surface area contributed by atoms with Crippen LogP contribution in [0.2, 0.25) is 19.6 Å². The number of hydrogen-bond acceptors (Lipinski definition) is 3. The van der Waals surface area contributed by atoms with Crippen LogP contribution in [0.3, 0.4) is 0 Å². The molecule has 0 N–H and O–H groups in total. The van der Waals surface area contributed by atoms with Crippen LogP contribution in [0.1, 0.15) is 13.3 Å². The lowest BCUT2D eigenvalue weighted by Crippen LogP contribution is -2.51. The highest BCUT2D eigenvalue weighted by Gasteiger charge is 2.42. The van der Waals surface area contributed by atoms with E-state index in [1.54, 1.807) is 0 Å². The van der Waals surface area contributed by atoms with Crippen molar-refractivity contribution in [2.75, 3.05) is 5.75 Å². The predicted octanol–water partition coefficient (Wildman–Crippen LogP) is 1.41. The summed E-state index contributed by atoms with van der Waals surface area (Å²) >= 11 is 0. The van der Waals surface area contributed by atoms with Gasteiger partial charge in [-0.1, -0.05) is 19.6 Å². The molecule has 78 valence electrons. The fourth-order valence-corrected chi connectivity index (χ4v) is 8.08. The topological polar surface area (TPSA) is 43.4 Å². The molecule has 0 amide bonds. The molecule has 13 heavy (non-hydrogen) atoms. The minimum absolute atomic E-state index is 0.0975. The van der Waals surface area contributed by atoms with Crippen LogP contribution >= 0.6 is 0 Å². The zero-order valence-electron chi connectivity index (χ0n) is 8.70. The fourth-order valence-electron chi connectivity index (χ4n) is 1.54. The van der Waals surface area contributed by atoms with Crippen molar-refractivity contribution in [2.45, 2.75) is 44.1 Å². The Bertz CT molecular complexity index is 278. The molecule has 0 aromatic rings. The molecule has 0 saturated carbocycles. The van der Waals surface area contributed by atoms with Crippen molar-refractivity contribution in [2.24, 2.45) is 0 Å². The van der Waals surface area contributed by atoms with Crippen molar-refractivity contribution in [3.05, 3.63) is 0 Å². The van der Waals surface area contributed by atoms with Gasteiger partial charge in [-0.25, -0.2) is 8.42 Å². The molecule has 1 fully saturated rings. The summed E-state index contributed by atoms with van der Waals surface area (Å²) in [5.41, 5.74) is 0. The molecule has 0 spiro atoms. The summed E-state index contributed by atoms with van der Waals surface area (Å²) in [6.45, 7) is 8.05. The third-order valence-electron chi connectivity index (χ3n) is 2.20. The van der Waals surface area contributed by atoms with Crippen LogP contribution in [0.15, 0.2) is 0 Å². The predicted molar refractivity (Wildman–Crippen MR) is 56.1 cm³/mol. The smallest absolute Gasteiger partial charge is 0.173 e. The van der Waals surface area contributed by atoms with Gasteiger partial charge in [-0.2, -0.15) is 0 Å². The first kappa shape index (κ1) is 11.2. The molecule has 0 bridgehead atoms. The van der Waals surface area contributed by atoms with E-state index < -0.39 is 23.0 Å². The fraction of sp³-hybridized carbons (Fsp3) is 1.00. The molecular weight excluding hydrogens is 204 g/mol. The quantitative estimate of drug-likeness (QED) is 0.630. The van der Waals surface area contributed by atoms with Crippen LogP contribution in [0.4, 0.5) is 0 Å². The zero-order chi connectivity index (χ0) is 10.3. The Morgan fingerprint density at radius 2 is 1.85 bits per heavy atom. The minimum Gasteiger partial charge on any atom is -0.363 e. The lowest BCUT2D eigenvalue weighted by atomic mass is 10.3. The average Bonchev–Trinajstić information content (AvgIpc) is 1.92. The van der Waals surface area contributed by atoms with E-state index in [1.165, 1.54) is 0 Å². The van der Waals surface area contributed by atoms with E-state index >= 15 is 0 Å². The largest absolute Gasteiger partial charge is 0.363 e. The second-order valence-electron chi connectivity index (χ2n) is 4.80. The first-order valence-electron chi connectivity index (χ1n) is 4.60. The van der Waals surface area contributed by atoms with Crippen molar-refractivity contribution in [3.63, 3.8) is 0 Å². The van der Waals surface area contributed by atoms with Crippen molar-refractivity contribution in [3.8, 4) is 0 Å². The highest BCUT2D eigenvalue weighted by Crippen LogP contribution is 2.25. The van der Waals surface area contributed by atoms with E-state index in [0.29, 0.717) is 12.2 Å². The van der Waals surface area contributed by atoms with E-state index in [4.69, 9.17) is 4.74 Å². The van der Waals surface area contributed by atoms with Gasteiger partial charge in [0.1, 0.15) is 5.06 Å². The van der Waals surface area contributed by atoms with Crippen LogP contribution in [0.5, 0.6) is 0 Å². The molecule has 1 rings (SSSR count). The van der Waals surface area contributed by atoms with Crippen molar-refractivity contribution in [1.29, 1.82) is 0 Å². The summed E-state index contributed by atoms with van der Waals surface area (Å²) < 4.78 is 28.9. The van der Waals surface area contributed by atoms with Gasteiger partial charge in [-0.3, -0.25) is 0 Å². The zero-order valence-corrected chi connectivity index (χ0v) is 10.5. The van der Waals surface area contributed by atoms with Gasteiger partial charge in [0.25, 0.3) is 0 Å². The van der Waals surface area contributed by atoms with Gasteiger partial charge in [-0.15, -0.1) is 0 Å². The first-order valence-corrected chi connectivity index (χ1v) is 9.90. The van der Waals surface area contributed by atoms with E-state index in [9.17, 15) is 8.42 Å². The number of ether oxygens (including phenoxy) is 1. The molecule has 0 aliphatic carbocycles. The Morgan fingerprint density at radius 1 is 1.31 bits per heavy atom. The monoisotopic (exact) mass is 222 g/mol. The van der Waals surface area contributed by atoms with Gasteiger partial charge in [0.05, 0.1) is 19.9 Å². The van der Waals surface area contributed by atoms with E-state index in [0.717, 1.165) is 0 Å². The molecule has 0 aromatic carbocycles. The Balaban J connectivity index is 2.92. The maximum Gasteiger partial charge on any atom is 0.173 e. The van der Waals surface area contributed by atoms with Gasteiger partial charge in [0.15, 0.2) is 9.84 Å². The second-order valence-corrected chi connectivity index (χ2v) is 12.6. The van der Waals surface area contributed by atoms with E-state index in [1.807, 2.05) is 26.6 Å². The number of rotatable bonds is 1. The molecule has 1 heterocycles. The van der Waals surface area contributed by atoms with Gasteiger partial charge in [-0.05, 0) is 13.3 Å². The van der Waals surface area contributed by atoms with Crippen molar-refractivity contribution < 1.29 is 13.2 Å². The molecule has 0 unspecified atom stereocenters. The Kier molecular flexibility index (Phi) is 2.90. The maximum absolute atomic E-state index is 11.7. The molecule has 1 aliphatic rings. The summed E-state index contributed by atoms with van der Waals surface area (Å²) in [7, 11) is -4.72. The van der Waals surface area contributed by atoms with Crippen LogP contribution in [-0.4, -0.2) is 33.4 Å². The Hall–Kier alpha value is 0.127. The van der Waals surface area contributed by atoms with Gasteiger partial charge < -0.3 is 4.74 Å². The molecule has 1 aliphatic heterocycles. The normalized spacial score (nSPS) is 34.5. The van der Waals surface area contributed by atoms with Gasteiger partial charge in [0.2, 0.25) is 0 Å². The third-order valence-corrected chi connectivity index (χ3v) is 8.52.